The zero-order chi connectivity index (χ0) is 16.3. The lowest BCUT2D eigenvalue weighted by molar-refractivity contribution is -0.119. The van der Waals surface area contributed by atoms with Gasteiger partial charge in [-0.05, 0) is 24.1 Å². The first-order valence-electron chi connectivity index (χ1n) is 7.35. The fraction of sp³-hybridized carbons (Fsp3) is 0.562. The monoisotopic (exact) mass is 326 g/mol. The quantitative estimate of drug-likeness (QED) is 0.716. The lowest BCUT2D eigenvalue weighted by atomic mass is 10.1. The van der Waals surface area contributed by atoms with E-state index in [1.807, 2.05) is 13.8 Å². The smallest absolute Gasteiger partial charge is 0.188 e. The summed E-state index contributed by atoms with van der Waals surface area (Å²) in [5.41, 5.74) is 0. The molecule has 0 amide bonds. The van der Waals surface area contributed by atoms with Crippen molar-refractivity contribution in [2.24, 2.45) is 5.92 Å². The zero-order valence-corrected chi connectivity index (χ0v) is 15.4. The van der Waals surface area contributed by atoms with Gasteiger partial charge in [0.25, 0.3) is 0 Å². The second-order valence-electron chi connectivity index (χ2n) is 7.18. The minimum Gasteiger partial charge on any atom is -0.298 e. The Kier molecular flexibility index (Phi) is 5.93. The van der Waals surface area contributed by atoms with Crippen LogP contribution in [0.1, 0.15) is 20.3 Å². The number of hydrogen-bond donors (Lipinski definition) is 0. The van der Waals surface area contributed by atoms with E-state index >= 15 is 0 Å². The maximum absolute atomic E-state index is 12.8. The number of carbonyl (C=O) groups excluding carboxylic acids is 1. The molecule has 0 bridgehead atoms. The van der Waals surface area contributed by atoms with Crippen LogP contribution in [-0.2, 0) is 14.6 Å². The van der Waals surface area contributed by atoms with Gasteiger partial charge >= 0.3 is 0 Å². The molecule has 0 radical (unpaired) electrons. The Hall–Kier alpha value is -0.943. The molecule has 0 aliphatic heterocycles. The molecule has 118 valence electrons. The predicted octanol–water partition coefficient (Wildman–Crippen LogP) is 3.78. The van der Waals surface area contributed by atoms with Gasteiger partial charge in [-0.2, -0.15) is 0 Å². The van der Waals surface area contributed by atoms with Gasteiger partial charge in [-0.1, -0.05) is 51.7 Å². The largest absolute Gasteiger partial charge is 0.298 e. The third-order valence-electron chi connectivity index (χ3n) is 3.21. The Labute approximate surface area is 129 Å². The Morgan fingerprint density at radius 3 is 2.05 bits per heavy atom. The molecule has 0 heterocycles. The van der Waals surface area contributed by atoms with Crippen LogP contribution in [0.25, 0.3) is 0 Å². The molecular weight excluding hydrogens is 300 g/mol. The average molecular weight is 327 g/mol. The van der Waals surface area contributed by atoms with E-state index < -0.39 is 23.2 Å². The van der Waals surface area contributed by atoms with Crippen molar-refractivity contribution in [3.8, 4) is 0 Å². The van der Waals surface area contributed by atoms with Gasteiger partial charge in [0.1, 0.15) is 5.25 Å². The van der Waals surface area contributed by atoms with E-state index in [2.05, 4.69) is 19.6 Å². The highest BCUT2D eigenvalue weighted by Crippen LogP contribution is 2.26. The van der Waals surface area contributed by atoms with E-state index in [9.17, 15) is 13.2 Å². The van der Waals surface area contributed by atoms with Crippen LogP contribution in [0, 0.1) is 5.92 Å². The summed E-state index contributed by atoms with van der Waals surface area (Å²) < 4.78 is 25.7. The first-order chi connectivity index (χ1) is 9.54. The summed E-state index contributed by atoms with van der Waals surface area (Å²) in [7, 11) is -5.27. The normalized spacial score (nSPS) is 14.2. The Balaban J connectivity index is 3.20. The van der Waals surface area contributed by atoms with Crippen LogP contribution in [-0.4, -0.2) is 27.5 Å². The van der Waals surface area contributed by atoms with Gasteiger partial charge in [-0.15, -0.1) is 0 Å². The van der Waals surface area contributed by atoms with Gasteiger partial charge in [0.15, 0.2) is 15.6 Å². The summed E-state index contributed by atoms with van der Waals surface area (Å²) in [6, 6.07) is 8.82. The minimum atomic E-state index is -3.59. The second-order valence-corrected chi connectivity index (χ2v) is 14.8. The molecule has 1 rings (SSSR count). The summed E-state index contributed by atoms with van der Waals surface area (Å²) in [5, 5.41) is -0.894. The van der Waals surface area contributed by atoms with Gasteiger partial charge < -0.3 is 0 Å². The van der Waals surface area contributed by atoms with Crippen molar-refractivity contribution in [3.05, 3.63) is 30.3 Å². The van der Waals surface area contributed by atoms with Crippen LogP contribution < -0.4 is 0 Å². The van der Waals surface area contributed by atoms with E-state index in [0.29, 0.717) is 12.5 Å². The fourth-order valence-electron chi connectivity index (χ4n) is 2.26. The molecule has 0 aromatic heterocycles. The number of benzene rings is 1. The maximum Gasteiger partial charge on any atom is 0.188 e. The predicted molar refractivity (Wildman–Crippen MR) is 90.0 cm³/mol. The second kappa shape index (κ2) is 6.88. The highest BCUT2D eigenvalue weighted by atomic mass is 32.2. The molecule has 0 spiro atoms. The molecule has 1 aromatic rings. The van der Waals surface area contributed by atoms with Gasteiger partial charge in [0.2, 0.25) is 0 Å². The molecule has 3 nitrogen and oxygen atoms in total. The Bertz CT molecular complexity index is 571. The summed E-state index contributed by atoms with van der Waals surface area (Å²) in [4.78, 5) is 12.7. The van der Waals surface area contributed by atoms with Crippen LogP contribution in [0.3, 0.4) is 0 Å². The van der Waals surface area contributed by atoms with Crippen LogP contribution in [0.15, 0.2) is 35.2 Å². The van der Waals surface area contributed by atoms with Crippen molar-refractivity contribution in [1.82, 2.24) is 0 Å². The van der Waals surface area contributed by atoms with Crippen molar-refractivity contribution >= 4 is 23.7 Å². The summed E-state index contributed by atoms with van der Waals surface area (Å²) in [6.07, 6.45) is 0.321. The zero-order valence-electron chi connectivity index (χ0n) is 13.6. The third kappa shape index (κ3) is 5.40. The van der Waals surface area contributed by atoms with Crippen LogP contribution in [0.2, 0.25) is 25.7 Å². The first kappa shape index (κ1) is 18.1. The summed E-state index contributed by atoms with van der Waals surface area (Å²) in [5.74, 6) is 0.0314. The Morgan fingerprint density at radius 2 is 1.62 bits per heavy atom. The van der Waals surface area contributed by atoms with Crippen molar-refractivity contribution < 1.29 is 13.2 Å². The van der Waals surface area contributed by atoms with E-state index in [1.54, 1.807) is 30.3 Å². The molecule has 1 atom stereocenters. The molecule has 21 heavy (non-hydrogen) atoms. The van der Waals surface area contributed by atoms with E-state index in [1.165, 1.54) is 0 Å². The third-order valence-corrected chi connectivity index (χ3v) is 7.25. The number of hydrogen-bond acceptors (Lipinski definition) is 3. The molecule has 1 aromatic carbocycles. The molecule has 0 saturated heterocycles. The van der Waals surface area contributed by atoms with Crippen LogP contribution in [0.4, 0.5) is 0 Å². The summed E-state index contributed by atoms with van der Waals surface area (Å²) in [6.45, 7) is 10.2. The van der Waals surface area contributed by atoms with Crippen molar-refractivity contribution in [2.75, 3.05) is 0 Å². The fourth-order valence-corrected chi connectivity index (χ4v) is 7.29. The van der Waals surface area contributed by atoms with Gasteiger partial charge in [0.05, 0.1) is 4.90 Å². The van der Waals surface area contributed by atoms with Gasteiger partial charge in [-0.25, -0.2) is 8.42 Å². The van der Waals surface area contributed by atoms with Crippen LogP contribution >= 0.6 is 0 Å². The first-order valence-corrected chi connectivity index (χ1v) is 12.6. The lowest BCUT2D eigenvalue weighted by Gasteiger charge is -2.24. The SMILES string of the molecule is CC(C)CC(=O)[C@H](C[Si](C)(C)C)S(=O)(=O)c1ccccc1. The van der Waals surface area contributed by atoms with Gasteiger partial charge in [-0.3, -0.25) is 4.79 Å². The molecule has 0 saturated carbocycles. The van der Waals surface area contributed by atoms with Gasteiger partial charge in [0, 0.05) is 14.5 Å². The van der Waals surface area contributed by atoms with Crippen LogP contribution in [0.5, 0.6) is 0 Å². The molecule has 0 aliphatic carbocycles. The Morgan fingerprint density at radius 1 is 1.10 bits per heavy atom. The minimum absolute atomic E-state index is 0.142. The molecule has 0 N–H and O–H groups in total. The molecule has 5 heteroatoms. The number of carbonyl (C=O) groups is 1. The highest BCUT2D eigenvalue weighted by Gasteiger charge is 2.37. The number of Topliss-reactive ketones (excluding diaryl/α,β-unsaturated/α-hetero) is 1. The molecule has 0 fully saturated rings. The maximum atomic E-state index is 12.8. The average Bonchev–Trinajstić information content (AvgIpc) is 2.35. The van der Waals surface area contributed by atoms with E-state index in [4.69, 9.17) is 0 Å². The summed E-state index contributed by atoms with van der Waals surface area (Å²) >= 11 is 0. The number of sulfone groups is 1. The number of rotatable bonds is 7. The topological polar surface area (TPSA) is 51.2 Å². The van der Waals surface area contributed by atoms with E-state index in [-0.39, 0.29) is 16.6 Å². The number of ketones is 1. The molecule has 0 unspecified atom stereocenters. The van der Waals surface area contributed by atoms with E-state index in [0.717, 1.165) is 0 Å². The molecule has 0 aliphatic rings. The van der Waals surface area contributed by atoms with Crippen molar-refractivity contribution in [1.29, 1.82) is 0 Å². The lowest BCUT2D eigenvalue weighted by Crippen LogP contribution is -2.38. The highest BCUT2D eigenvalue weighted by molar-refractivity contribution is 7.93. The molecular formula is C16H26O3SSi. The van der Waals surface area contributed by atoms with Crippen molar-refractivity contribution in [2.45, 2.75) is 56.1 Å². The van der Waals surface area contributed by atoms with Crippen molar-refractivity contribution in [3.63, 3.8) is 0 Å². The standard InChI is InChI=1S/C16H26O3SSi/c1-13(2)11-15(17)16(12-21(3,4)5)20(18,19)14-9-7-6-8-10-14/h6-10,13,16H,11-12H2,1-5H3/t16-/m0/s1.